The van der Waals surface area contributed by atoms with Gasteiger partial charge in [0.2, 0.25) is 5.95 Å². The van der Waals surface area contributed by atoms with E-state index in [-0.39, 0.29) is 18.2 Å². The highest BCUT2D eigenvalue weighted by Crippen LogP contribution is 2.34. The molecule has 2 aromatic carbocycles. The zero-order valence-electron chi connectivity index (χ0n) is 22.0. The van der Waals surface area contributed by atoms with Gasteiger partial charge in [-0.2, -0.15) is 0 Å². The summed E-state index contributed by atoms with van der Waals surface area (Å²) in [7, 11) is 0. The lowest BCUT2D eigenvalue weighted by molar-refractivity contribution is -0.138. The van der Waals surface area contributed by atoms with Gasteiger partial charge in [0.1, 0.15) is 4.75 Å². The van der Waals surface area contributed by atoms with Crippen molar-refractivity contribution in [3.8, 4) is 0 Å². The first-order valence-electron chi connectivity index (χ1n) is 12.4. The van der Waals surface area contributed by atoms with Crippen LogP contribution in [-0.2, 0) is 24.2 Å². The number of thiazole rings is 1. The van der Waals surface area contributed by atoms with E-state index in [0.717, 1.165) is 27.6 Å². The first-order chi connectivity index (χ1) is 18.2. The summed E-state index contributed by atoms with van der Waals surface area (Å²) in [5.41, 5.74) is 4.32. The van der Waals surface area contributed by atoms with Crippen molar-refractivity contribution >= 4 is 53.2 Å². The monoisotopic (exact) mass is 582 g/mol. The van der Waals surface area contributed by atoms with Crippen LogP contribution in [0.4, 0.5) is 5.95 Å². The highest BCUT2D eigenvalue weighted by Gasteiger charge is 2.29. The highest BCUT2D eigenvalue weighted by atomic mass is 35.5. The minimum Gasteiger partial charge on any atom is -0.480 e. The molecule has 2 heterocycles. The fourth-order valence-corrected chi connectivity index (χ4v) is 5.87. The molecule has 2 aromatic heterocycles. The summed E-state index contributed by atoms with van der Waals surface area (Å²) in [4.78, 5) is 40.2. The second kappa shape index (κ2) is 13.7. The summed E-state index contributed by atoms with van der Waals surface area (Å²) < 4.78 is -0.203. The molecule has 0 aliphatic heterocycles. The number of hydrogen-bond acceptors (Lipinski definition) is 8. The van der Waals surface area contributed by atoms with E-state index in [1.807, 2.05) is 72.4 Å². The Balaban J connectivity index is 0.00000420. The lowest BCUT2D eigenvalue weighted by atomic mass is 10.0. The fraction of sp³-hybridized carbons (Fsp3) is 0.276. The molecule has 0 fully saturated rings. The molecule has 39 heavy (non-hydrogen) atoms. The Morgan fingerprint density at radius 1 is 0.974 bits per heavy atom. The molecule has 7 nitrogen and oxygen atoms in total. The van der Waals surface area contributed by atoms with E-state index in [0.29, 0.717) is 36.6 Å². The maximum absolute atomic E-state index is 12.8. The number of hydrogen-bond donors (Lipinski definition) is 1. The quantitative estimate of drug-likeness (QED) is 0.152. The predicted molar refractivity (Wildman–Crippen MR) is 159 cm³/mol. The number of benzene rings is 2. The maximum Gasteiger partial charge on any atom is 0.319 e. The largest absolute Gasteiger partial charge is 0.480 e. The topological polar surface area (TPSA) is 96.3 Å². The smallest absolute Gasteiger partial charge is 0.319 e. The lowest BCUT2D eigenvalue weighted by Crippen LogP contribution is -2.27. The third kappa shape index (κ3) is 8.11. The minimum absolute atomic E-state index is 0. The van der Waals surface area contributed by atoms with E-state index >= 15 is 0 Å². The number of carbonyl (C=O) groups is 2. The standard InChI is InChI=1S/C29H30N4O3S2.ClH/c1-4-20-16-30-27(31-17-20)33(15-14-24-19-37-28(32-24)38-29(2,3)26(35)36)18-21-10-12-23(13-11-21)25(34)22-8-6-5-7-9-22;/h5-13,16-17,19H,4,14-15,18H2,1-3H3,(H,35,36);1H. The van der Waals surface area contributed by atoms with Crippen LogP contribution in [0, 0.1) is 0 Å². The predicted octanol–water partition coefficient (Wildman–Crippen LogP) is 6.35. The number of aromatic nitrogens is 3. The molecule has 0 atom stereocenters. The molecule has 10 heteroatoms. The van der Waals surface area contributed by atoms with E-state index in [1.54, 1.807) is 13.8 Å². The van der Waals surface area contributed by atoms with Gasteiger partial charge in [-0.1, -0.05) is 73.3 Å². The van der Waals surface area contributed by atoms with Gasteiger partial charge in [0.15, 0.2) is 10.1 Å². The van der Waals surface area contributed by atoms with Gasteiger partial charge in [0, 0.05) is 48.4 Å². The summed E-state index contributed by atoms with van der Waals surface area (Å²) in [6.07, 6.45) is 5.22. The number of carbonyl (C=O) groups excluding carboxylic acids is 1. The Morgan fingerprint density at radius 3 is 2.23 bits per heavy atom. The molecule has 0 saturated carbocycles. The molecule has 0 aliphatic rings. The lowest BCUT2D eigenvalue weighted by Gasteiger charge is -2.22. The Kier molecular flexibility index (Phi) is 10.6. The van der Waals surface area contributed by atoms with Crippen molar-refractivity contribution < 1.29 is 14.7 Å². The molecule has 4 rings (SSSR count). The fourth-order valence-electron chi connectivity index (χ4n) is 3.64. The molecule has 0 unspecified atom stereocenters. The molecule has 0 radical (unpaired) electrons. The zero-order chi connectivity index (χ0) is 27.1. The van der Waals surface area contributed by atoms with E-state index in [9.17, 15) is 14.7 Å². The third-order valence-corrected chi connectivity index (χ3v) is 8.21. The molecule has 204 valence electrons. The number of carboxylic acid groups (broad SMARTS) is 1. The van der Waals surface area contributed by atoms with Gasteiger partial charge >= 0.3 is 5.97 Å². The summed E-state index contributed by atoms with van der Waals surface area (Å²) in [6, 6.07) is 16.9. The van der Waals surface area contributed by atoms with Crippen molar-refractivity contribution in [2.45, 2.75) is 49.2 Å². The number of rotatable bonds is 12. The first kappa shape index (κ1) is 30.3. The highest BCUT2D eigenvalue weighted by molar-refractivity contribution is 8.03. The van der Waals surface area contributed by atoms with Gasteiger partial charge in [-0.3, -0.25) is 9.59 Å². The van der Waals surface area contributed by atoms with Gasteiger partial charge in [0.05, 0.1) is 5.69 Å². The molecule has 4 aromatic rings. The summed E-state index contributed by atoms with van der Waals surface area (Å²) in [5.74, 6) is -0.242. The first-order valence-corrected chi connectivity index (χ1v) is 14.1. The van der Waals surface area contributed by atoms with Crippen LogP contribution in [-0.4, -0.2) is 43.1 Å². The molecule has 1 N–H and O–H groups in total. The van der Waals surface area contributed by atoms with Crippen molar-refractivity contribution in [3.63, 3.8) is 0 Å². The average molecular weight is 583 g/mol. The second-order valence-electron chi connectivity index (χ2n) is 9.33. The number of aryl methyl sites for hydroxylation is 1. The molecule has 0 amide bonds. The van der Waals surface area contributed by atoms with Crippen LogP contribution >= 0.6 is 35.5 Å². The van der Waals surface area contributed by atoms with E-state index in [4.69, 9.17) is 0 Å². The van der Waals surface area contributed by atoms with E-state index in [1.165, 1.54) is 23.1 Å². The molecule has 0 spiro atoms. The molecular formula is C29H31ClN4O3S2. The van der Waals surface area contributed by atoms with Gasteiger partial charge in [-0.15, -0.1) is 23.7 Å². The van der Waals surface area contributed by atoms with Crippen LogP contribution < -0.4 is 4.90 Å². The number of carboxylic acids is 1. The minimum atomic E-state index is -0.940. The van der Waals surface area contributed by atoms with Crippen LogP contribution in [0.5, 0.6) is 0 Å². The molecule has 0 aliphatic carbocycles. The summed E-state index contributed by atoms with van der Waals surface area (Å²) in [6.45, 7) is 6.63. The average Bonchev–Trinajstić information content (AvgIpc) is 3.38. The van der Waals surface area contributed by atoms with Crippen LogP contribution in [0.3, 0.4) is 0 Å². The van der Waals surface area contributed by atoms with Gasteiger partial charge < -0.3 is 10.0 Å². The van der Waals surface area contributed by atoms with E-state index < -0.39 is 10.7 Å². The van der Waals surface area contributed by atoms with Crippen LogP contribution in [0.15, 0.2) is 76.7 Å². The zero-order valence-corrected chi connectivity index (χ0v) is 24.5. The van der Waals surface area contributed by atoms with Gasteiger partial charge in [-0.05, 0) is 31.4 Å². The van der Waals surface area contributed by atoms with Gasteiger partial charge in [0.25, 0.3) is 0 Å². The van der Waals surface area contributed by atoms with Crippen molar-refractivity contribution in [3.05, 3.63) is 100 Å². The normalized spacial score (nSPS) is 11.1. The van der Waals surface area contributed by atoms with Gasteiger partial charge in [-0.25, -0.2) is 15.0 Å². The number of halogens is 1. The number of nitrogens with zero attached hydrogens (tertiary/aromatic N) is 4. The number of thioether (sulfide) groups is 1. The Hall–Kier alpha value is -3.27. The number of aliphatic carboxylic acids is 1. The van der Waals surface area contributed by atoms with Crippen LogP contribution in [0.25, 0.3) is 0 Å². The van der Waals surface area contributed by atoms with Crippen molar-refractivity contribution in [1.29, 1.82) is 0 Å². The number of anilines is 1. The number of ketones is 1. The Labute approximate surface area is 243 Å². The SMILES string of the molecule is CCc1cnc(N(CCc2csc(SC(C)(C)C(=O)O)n2)Cc2ccc(C(=O)c3ccccc3)cc2)nc1.Cl. The van der Waals surface area contributed by atoms with E-state index in [2.05, 4.69) is 26.8 Å². The second-order valence-corrected chi connectivity index (χ2v) is 12.1. The van der Waals surface area contributed by atoms with Crippen LogP contribution in [0.1, 0.15) is 53.5 Å². The molecule has 0 saturated heterocycles. The molecule has 0 bridgehead atoms. The van der Waals surface area contributed by atoms with Crippen LogP contribution in [0.2, 0.25) is 0 Å². The van der Waals surface area contributed by atoms with Crippen molar-refractivity contribution in [2.24, 2.45) is 0 Å². The maximum atomic E-state index is 12.8. The third-order valence-electron chi connectivity index (χ3n) is 6.03. The van der Waals surface area contributed by atoms with Crippen molar-refractivity contribution in [2.75, 3.05) is 11.4 Å². The summed E-state index contributed by atoms with van der Waals surface area (Å²) in [5, 5.41) is 11.4. The van der Waals surface area contributed by atoms with Crippen molar-refractivity contribution in [1.82, 2.24) is 15.0 Å². The Morgan fingerprint density at radius 2 is 1.62 bits per heavy atom. The summed E-state index contributed by atoms with van der Waals surface area (Å²) >= 11 is 2.72. The molecular weight excluding hydrogens is 552 g/mol. The Bertz CT molecular complexity index is 1380.